The van der Waals surface area contributed by atoms with E-state index in [1.807, 2.05) is 12.1 Å². The fourth-order valence-corrected chi connectivity index (χ4v) is 3.82. The lowest BCUT2D eigenvalue weighted by atomic mass is 9.96. The molecule has 0 spiro atoms. The highest BCUT2D eigenvalue weighted by Gasteiger charge is 2.48. The Labute approximate surface area is 159 Å². The van der Waals surface area contributed by atoms with Crippen LogP contribution in [0, 0.1) is 5.92 Å². The van der Waals surface area contributed by atoms with Gasteiger partial charge in [0.25, 0.3) is 0 Å². The number of benzene rings is 1. The number of carbonyl (C=O) groups is 3. The first-order chi connectivity index (χ1) is 13.1. The van der Waals surface area contributed by atoms with Gasteiger partial charge in [0.15, 0.2) is 0 Å². The van der Waals surface area contributed by atoms with Crippen LogP contribution < -0.4 is 0 Å². The van der Waals surface area contributed by atoms with Crippen LogP contribution in [0.5, 0.6) is 0 Å². The van der Waals surface area contributed by atoms with E-state index in [4.69, 9.17) is 9.47 Å². The molecule has 1 aromatic rings. The predicted molar refractivity (Wildman–Crippen MR) is 100 cm³/mol. The van der Waals surface area contributed by atoms with Gasteiger partial charge in [-0.25, -0.2) is 4.79 Å². The third kappa shape index (κ3) is 4.85. The van der Waals surface area contributed by atoms with Crippen molar-refractivity contribution < 1.29 is 23.9 Å². The lowest BCUT2D eigenvalue weighted by molar-refractivity contribution is -0.141. The molecule has 2 aliphatic rings. The van der Waals surface area contributed by atoms with E-state index in [9.17, 15) is 14.4 Å². The van der Waals surface area contributed by atoms with Gasteiger partial charge in [-0.05, 0) is 24.1 Å². The van der Waals surface area contributed by atoms with E-state index in [2.05, 4.69) is 6.92 Å². The largest absolute Gasteiger partial charge is 0.462 e. The van der Waals surface area contributed by atoms with Gasteiger partial charge in [-0.1, -0.05) is 44.0 Å². The van der Waals surface area contributed by atoms with Crippen molar-refractivity contribution in [2.75, 3.05) is 0 Å². The molecule has 1 unspecified atom stereocenters. The molecular weight excluding hydrogens is 344 g/mol. The number of Topliss-reactive ketones (excluding diaryl/α,β-unsaturated/α-hetero) is 1. The second kappa shape index (κ2) is 8.98. The minimum absolute atomic E-state index is 0.0884. The van der Waals surface area contributed by atoms with Crippen molar-refractivity contribution >= 4 is 17.7 Å². The molecule has 0 radical (unpaired) electrons. The van der Waals surface area contributed by atoms with Crippen LogP contribution in [-0.4, -0.2) is 29.9 Å². The van der Waals surface area contributed by atoms with Gasteiger partial charge in [-0.15, -0.1) is 0 Å². The molecule has 3 atom stereocenters. The van der Waals surface area contributed by atoms with Crippen LogP contribution in [-0.2, 0) is 19.1 Å². The second-order valence-electron chi connectivity index (χ2n) is 7.24. The van der Waals surface area contributed by atoms with Crippen molar-refractivity contribution in [3.05, 3.63) is 47.5 Å². The van der Waals surface area contributed by atoms with Crippen molar-refractivity contribution in [2.45, 2.75) is 64.1 Å². The summed E-state index contributed by atoms with van der Waals surface area (Å²) in [6.45, 7) is 2.11. The lowest BCUT2D eigenvalue weighted by Gasteiger charge is -2.16. The highest BCUT2D eigenvalue weighted by molar-refractivity contribution is 5.89. The Morgan fingerprint density at radius 1 is 1.22 bits per heavy atom. The van der Waals surface area contributed by atoms with Gasteiger partial charge in [0.05, 0.1) is 12.0 Å². The molecule has 3 rings (SSSR count). The van der Waals surface area contributed by atoms with Crippen LogP contribution in [0.25, 0.3) is 0 Å². The first-order valence-electron chi connectivity index (χ1n) is 9.75. The Balaban J connectivity index is 1.68. The lowest BCUT2D eigenvalue weighted by Crippen LogP contribution is -2.19. The third-order valence-corrected chi connectivity index (χ3v) is 5.25. The summed E-state index contributed by atoms with van der Waals surface area (Å²) in [6, 6.07) is 8.82. The van der Waals surface area contributed by atoms with E-state index in [1.165, 1.54) is 0 Å². The number of rotatable bonds is 8. The summed E-state index contributed by atoms with van der Waals surface area (Å²) < 4.78 is 11.1. The van der Waals surface area contributed by atoms with Gasteiger partial charge in [0, 0.05) is 25.2 Å². The average Bonchev–Trinajstić information content (AvgIpc) is 3.16. The van der Waals surface area contributed by atoms with E-state index in [-0.39, 0.29) is 23.8 Å². The van der Waals surface area contributed by atoms with Crippen molar-refractivity contribution in [3.63, 3.8) is 0 Å². The molecule has 1 aliphatic carbocycles. The number of carbonyl (C=O) groups excluding carboxylic acids is 3. The highest BCUT2D eigenvalue weighted by Crippen LogP contribution is 2.42. The van der Waals surface area contributed by atoms with Crippen molar-refractivity contribution in [1.82, 2.24) is 0 Å². The summed E-state index contributed by atoms with van der Waals surface area (Å²) in [5, 5.41) is 0. The molecule has 1 saturated heterocycles. The highest BCUT2D eigenvalue weighted by atomic mass is 16.6. The average molecular weight is 370 g/mol. The fourth-order valence-electron chi connectivity index (χ4n) is 3.82. The van der Waals surface area contributed by atoms with Gasteiger partial charge in [-0.2, -0.15) is 0 Å². The molecule has 1 heterocycles. The molecular formula is C22H26O5. The SMILES string of the molecule is CCCCCC(=O)CC=C1C2CC(=O)O[C@H]2C[C@H]1OC(=O)c1ccccc1. The molecule has 0 bridgehead atoms. The van der Waals surface area contributed by atoms with Crippen LogP contribution in [0.2, 0.25) is 0 Å². The van der Waals surface area contributed by atoms with Crippen molar-refractivity contribution in [1.29, 1.82) is 0 Å². The summed E-state index contributed by atoms with van der Waals surface area (Å²) in [5.41, 5.74) is 1.35. The van der Waals surface area contributed by atoms with Gasteiger partial charge in [-0.3, -0.25) is 9.59 Å². The number of esters is 2. The first-order valence-corrected chi connectivity index (χ1v) is 9.75. The maximum Gasteiger partial charge on any atom is 0.338 e. The number of ether oxygens (including phenoxy) is 2. The molecule has 27 heavy (non-hydrogen) atoms. The van der Waals surface area contributed by atoms with Crippen LogP contribution in [0.3, 0.4) is 0 Å². The van der Waals surface area contributed by atoms with Crippen LogP contribution in [0.15, 0.2) is 42.0 Å². The molecule has 5 heteroatoms. The normalized spacial score (nSPS) is 25.3. The third-order valence-electron chi connectivity index (χ3n) is 5.25. The molecule has 1 aromatic carbocycles. The van der Waals surface area contributed by atoms with Gasteiger partial charge < -0.3 is 9.47 Å². The standard InChI is InChI=1S/C22H26O5/c1-2-3-5-10-16(23)11-12-17-18-13-21(24)26-20(18)14-19(17)27-22(25)15-8-6-4-7-9-15/h4,6-9,12,18-20H,2-3,5,10-11,13-14H2,1H3/t18?,19-,20+/m1/s1. The number of allylic oxidation sites excluding steroid dienone is 1. The maximum atomic E-state index is 12.4. The minimum atomic E-state index is -0.441. The summed E-state index contributed by atoms with van der Waals surface area (Å²) in [7, 11) is 0. The first kappa shape index (κ1) is 19.3. The Bertz CT molecular complexity index is 721. The summed E-state index contributed by atoms with van der Waals surface area (Å²) in [5.74, 6) is -0.530. The van der Waals surface area contributed by atoms with Crippen molar-refractivity contribution in [2.24, 2.45) is 5.92 Å². The van der Waals surface area contributed by atoms with E-state index in [0.717, 1.165) is 24.8 Å². The summed E-state index contributed by atoms with van der Waals surface area (Å²) >= 11 is 0. The molecule has 0 aromatic heterocycles. The summed E-state index contributed by atoms with van der Waals surface area (Å²) in [6.07, 6.45) is 5.83. The second-order valence-corrected chi connectivity index (χ2v) is 7.24. The number of fused-ring (bicyclic) bond motifs is 1. The van der Waals surface area contributed by atoms with Gasteiger partial charge in [0.1, 0.15) is 18.0 Å². The molecule has 5 nitrogen and oxygen atoms in total. The van der Waals surface area contributed by atoms with E-state index >= 15 is 0 Å². The van der Waals surface area contributed by atoms with Crippen LogP contribution in [0.4, 0.5) is 0 Å². The molecule has 1 aliphatic heterocycles. The van der Waals surface area contributed by atoms with E-state index in [1.54, 1.807) is 24.3 Å². The predicted octanol–water partition coefficient (Wildman–Crippen LogP) is 4.01. The minimum Gasteiger partial charge on any atom is -0.462 e. The zero-order valence-corrected chi connectivity index (χ0v) is 15.7. The van der Waals surface area contributed by atoms with Crippen LogP contribution in [0.1, 0.15) is 62.2 Å². The zero-order chi connectivity index (χ0) is 19.2. The fraction of sp³-hybridized carbons (Fsp3) is 0.500. The quantitative estimate of drug-likeness (QED) is 0.393. The van der Waals surface area contributed by atoms with Gasteiger partial charge in [0.2, 0.25) is 0 Å². The molecule has 0 N–H and O–H groups in total. The molecule has 1 saturated carbocycles. The van der Waals surface area contributed by atoms with Crippen molar-refractivity contribution in [3.8, 4) is 0 Å². The van der Waals surface area contributed by atoms with E-state index < -0.39 is 12.1 Å². The topological polar surface area (TPSA) is 69.7 Å². The summed E-state index contributed by atoms with van der Waals surface area (Å²) in [4.78, 5) is 36.2. The Morgan fingerprint density at radius 3 is 2.74 bits per heavy atom. The zero-order valence-electron chi connectivity index (χ0n) is 15.7. The molecule has 144 valence electrons. The molecule has 2 fully saturated rings. The monoisotopic (exact) mass is 370 g/mol. The van der Waals surface area contributed by atoms with E-state index in [0.29, 0.717) is 31.2 Å². The maximum absolute atomic E-state index is 12.4. The number of unbranched alkanes of at least 4 members (excludes halogenated alkanes) is 2. The number of ketones is 1. The Morgan fingerprint density at radius 2 is 2.00 bits per heavy atom. The smallest absolute Gasteiger partial charge is 0.338 e. The van der Waals surface area contributed by atoms with Gasteiger partial charge >= 0.3 is 11.9 Å². The number of hydrogen-bond donors (Lipinski definition) is 0. The Hall–Kier alpha value is -2.43. The number of hydrogen-bond acceptors (Lipinski definition) is 5. The Kier molecular flexibility index (Phi) is 6.43. The van der Waals surface area contributed by atoms with Crippen LogP contribution >= 0.6 is 0 Å². The molecule has 0 amide bonds.